The number of Topliss-reactive ketones (excluding diaryl/α,β-unsaturated/α-hetero) is 1. The Morgan fingerprint density at radius 2 is 1.72 bits per heavy atom. The van der Waals surface area contributed by atoms with Crippen LogP contribution in [-0.2, 0) is 14.3 Å². The zero-order chi connectivity index (χ0) is 14.4. The number of ketones is 1. The van der Waals surface area contributed by atoms with Gasteiger partial charge in [-0.1, -0.05) is 34.6 Å². The molecule has 18 heavy (non-hydrogen) atoms. The number of carbonyl (C=O) groups excluding carboxylic acids is 2. The van der Waals surface area contributed by atoms with Crippen molar-refractivity contribution in [2.75, 3.05) is 0 Å². The lowest BCUT2D eigenvalue weighted by atomic mass is 9.69. The van der Waals surface area contributed by atoms with Crippen molar-refractivity contribution in [2.24, 2.45) is 16.2 Å². The van der Waals surface area contributed by atoms with Gasteiger partial charge in [-0.3, -0.25) is 9.59 Å². The van der Waals surface area contributed by atoms with Crippen LogP contribution in [-0.4, -0.2) is 17.9 Å². The van der Waals surface area contributed by atoms with E-state index in [1.165, 1.54) is 0 Å². The Labute approximate surface area is 110 Å². The van der Waals surface area contributed by atoms with E-state index in [1.54, 1.807) is 0 Å². The lowest BCUT2D eigenvalue weighted by Crippen LogP contribution is -2.42. The van der Waals surface area contributed by atoms with E-state index in [1.807, 2.05) is 48.5 Å². The molecule has 0 aromatic rings. The minimum atomic E-state index is -0.561. The van der Waals surface area contributed by atoms with E-state index < -0.39 is 5.41 Å². The fourth-order valence-corrected chi connectivity index (χ4v) is 1.96. The third-order valence-corrected chi connectivity index (χ3v) is 4.57. The topological polar surface area (TPSA) is 43.4 Å². The third kappa shape index (κ3) is 2.76. The molecule has 0 radical (unpaired) electrons. The normalized spacial score (nSPS) is 24.2. The van der Waals surface area contributed by atoms with Gasteiger partial charge in [0.05, 0.1) is 5.41 Å². The van der Waals surface area contributed by atoms with Gasteiger partial charge in [-0.15, -0.1) is 0 Å². The van der Waals surface area contributed by atoms with Gasteiger partial charge in [-0.05, 0) is 19.3 Å². The maximum atomic E-state index is 12.3. The number of hydrogen-bond acceptors (Lipinski definition) is 3. The highest BCUT2D eigenvalue weighted by Gasteiger charge is 2.47. The minimum absolute atomic E-state index is 0.170. The predicted molar refractivity (Wildman–Crippen MR) is 71.1 cm³/mol. The van der Waals surface area contributed by atoms with Crippen LogP contribution in [0.15, 0.2) is 0 Å². The van der Waals surface area contributed by atoms with E-state index in [0.717, 1.165) is 0 Å². The second-order valence-corrected chi connectivity index (χ2v) is 7.68. The molecule has 1 rings (SSSR count). The fraction of sp³-hybridized carbons (Fsp3) is 0.867. The van der Waals surface area contributed by atoms with Crippen molar-refractivity contribution in [1.29, 1.82) is 0 Å². The number of esters is 1. The molecule has 1 fully saturated rings. The summed E-state index contributed by atoms with van der Waals surface area (Å²) < 4.78 is 5.63. The summed E-state index contributed by atoms with van der Waals surface area (Å²) in [6, 6.07) is 0. The molecule has 0 heterocycles. The zero-order valence-corrected chi connectivity index (χ0v) is 12.7. The molecule has 1 unspecified atom stereocenters. The standard InChI is InChI=1S/C15H26O3/c1-13(2,3)15(6,7)12(17)18-11-8-10(16)9-14(11,4)5/h11H,8-9H2,1-7H3. The van der Waals surface area contributed by atoms with Gasteiger partial charge in [-0.25, -0.2) is 0 Å². The van der Waals surface area contributed by atoms with E-state index in [2.05, 4.69) is 0 Å². The van der Waals surface area contributed by atoms with Crippen LogP contribution >= 0.6 is 0 Å². The average molecular weight is 254 g/mol. The van der Waals surface area contributed by atoms with Crippen LogP contribution in [0.4, 0.5) is 0 Å². The van der Waals surface area contributed by atoms with Crippen LogP contribution in [0.1, 0.15) is 61.3 Å². The quantitative estimate of drug-likeness (QED) is 0.710. The molecule has 0 aromatic heterocycles. The van der Waals surface area contributed by atoms with Gasteiger partial charge in [0.25, 0.3) is 0 Å². The van der Waals surface area contributed by atoms with E-state index >= 15 is 0 Å². The molecule has 3 heteroatoms. The summed E-state index contributed by atoms with van der Waals surface area (Å²) in [4.78, 5) is 23.8. The smallest absolute Gasteiger partial charge is 0.312 e. The summed E-state index contributed by atoms with van der Waals surface area (Å²) in [5.74, 6) is -0.0193. The summed E-state index contributed by atoms with van der Waals surface area (Å²) in [5, 5.41) is 0. The maximum absolute atomic E-state index is 12.3. The molecule has 1 aliphatic carbocycles. The van der Waals surface area contributed by atoms with Crippen molar-refractivity contribution in [3.05, 3.63) is 0 Å². The van der Waals surface area contributed by atoms with Gasteiger partial charge in [0.1, 0.15) is 11.9 Å². The molecule has 1 atom stereocenters. The number of rotatable bonds is 2. The molecular formula is C15H26O3. The molecule has 0 saturated heterocycles. The van der Waals surface area contributed by atoms with Gasteiger partial charge >= 0.3 is 5.97 Å². The molecule has 0 bridgehead atoms. The number of hydrogen-bond donors (Lipinski definition) is 0. The molecule has 3 nitrogen and oxygen atoms in total. The van der Waals surface area contributed by atoms with Gasteiger partial charge in [0, 0.05) is 18.3 Å². The predicted octanol–water partition coefficient (Wildman–Crippen LogP) is 3.36. The molecule has 104 valence electrons. The molecule has 0 N–H and O–H groups in total. The Morgan fingerprint density at radius 1 is 1.22 bits per heavy atom. The van der Waals surface area contributed by atoms with Crippen LogP contribution in [0.25, 0.3) is 0 Å². The first kappa shape index (κ1) is 15.2. The molecular weight excluding hydrogens is 228 g/mol. The van der Waals surface area contributed by atoms with Gasteiger partial charge < -0.3 is 4.74 Å². The summed E-state index contributed by atoms with van der Waals surface area (Å²) in [5.41, 5.74) is -0.966. The molecule has 0 aliphatic heterocycles. The molecule has 0 spiro atoms. The second-order valence-electron chi connectivity index (χ2n) is 7.68. The monoisotopic (exact) mass is 254 g/mol. The van der Waals surface area contributed by atoms with Crippen LogP contribution in [0.2, 0.25) is 0 Å². The lowest BCUT2D eigenvalue weighted by molar-refractivity contribution is -0.170. The Hall–Kier alpha value is -0.860. The molecule has 1 saturated carbocycles. The van der Waals surface area contributed by atoms with Crippen molar-refractivity contribution in [3.8, 4) is 0 Å². The summed E-state index contributed by atoms with van der Waals surface area (Å²) in [7, 11) is 0. The highest BCUT2D eigenvalue weighted by molar-refractivity contribution is 5.83. The lowest BCUT2D eigenvalue weighted by Gasteiger charge is -2.38. The van der Waals surface area contributed by atoms with Crippen molar-refractivity contribution in [2.45, 2.75) is 67.4 Å². The molecule has 0 aromatic carbocycles. The third-order valence-electron chi connectivity index (χ3n) is 4.57. The van der Waals surface area contributed by atoms with Crippen LogP contribution in [0.3, 0.4) is 0 Å². The zero-order valence-electron chi connectivity index (χ0n) is 12.7. The second kappa shape index (κ2) is 4.36. The van der Waals surface area contributed by atoms with E-state index in [0.29, 0.717) is 12.8 Å². The number of ether oxygens (including phenoxy) is 1. The van der Waals surface area contributed by atoms with Crippen LogP contribution < -0.4 is 0 Å². The first-order chi connectivity index (χ1) is 7.88. The number of carbonyl (C=O) groups is 2. The Morgan fingerprint density at radius 3 is 2.06 bits per heavy atom. The van der Waals surface area contributed by atoms with Crippen molar-refractivity contribution in [1.82, 2.24) is 0 Å². The largest absolute Gasteiger partial charge is 0.461 e. The Kier molecular flexibility index (Phi) is 3.68. The van der Waals surface area contributed by atoms with Crippen LogP contribution in [0.5, 0.6) is 0 Å². The Bertz CT molecular complexity index is 358. The van der Waals surface area contributed by atoms with E-state index in [4.69, 9.17) is 4.74 Å². The maximum Gasteiger partial charge on any atom is 0.312 e. The van der Waals surface area contributed by atoms with Crippen molar-refractivity contribution in [3.63, 3.8) is 0 Å². The van der Waals surface area contributed by atoms with E-state index in [9.17, 15) is 9.59 Å². The van der Waals surface area contributed by atoms with Gasteiger partial charge in [0.2, 0.25) is 0 Å². The summed E-state index contributed by atoms with van der Waals surface area (Å²) >= 11 is 0. The van der Waals surface area contributed by atoms with Crippen molar-refractivity contribution < 1.29 is 14.3 Å². The van der Waals surface area contributed by atoms with Gasteiger partial charge in [-0.2, -0.15) is 0 Å². The summed E-state index contributed by atoms with van der Waals surface area (Å²) in [6.45, 7) is 13.9. The molecule has 1 aliphatic rings. The van der Waals surface area contributed by atoms with Crippen LogP contribution in [0, 0.1) is 16.2 Å². The molecule has 0 amide bonds. The van der Waals surface area contributed by atoms with Crippen molar-refractivity contribution >= 4 is 11.8 Å². The first-order valence-electron chi connectivity index (χ1n) is 6.61. The summed E-state index contributed by atoms with van der Waals surface area (Å²) in [6.07, 6.45) is 0.582. The van der Waals surface area contributed by atoms with E-state index in [-0.39, 0.29) is 28.7 Å². The average Bonchev–Trinajstić information content (AvgIpc) is 2.37. The fourth-order valence-electron chi connectivity index (χ4n) is 1.96. The van der Waals surface area contributed by atoms with Gasteiger partial charge in [0.15, 0.2) is 0 Å². The SMILES string of the molecule is CC1(C)CC(=O)CC1OC(=O)C(C)(C)C(C)(C)C. The highest BCUT2D eigenvalue weighted by atomic mass is 16.5. The minimum Gasteiger partial charge on any atom is -0.461 e. The Balaban J connectivity index is 2.81. The first-order valence-corrected chi connectivity index (χ1v) is 6.61. The highest BCUT2D eigenvalue weighted by Crippen LogP contribution is 2.42.